The number of para-hydroxylation sites is 1. The normalized spacial score (nSPS) is 11.3. The lowest BCUT2D eigenvalue weighted by Gasteiger charge is -2.10. The van der Waals surface area contributed by atoms with Gasteiger partial charge in [0, 0.05) is 27.6 Å². The summed E-state index contributed by atoms with van der Waals surface area (Å²) in [7, 11) is 0. The number of aromatic nitrogens is 3. The molecule has 0 fully saturated rings. The van der Waals surface area contributed by atoms with Crippen LogP contribution in [0, 0.1) is 6.92 Å². The van der Waals surface area contributed by atoms with Gasteiger partial charge >= 0.3 is 0 Å². The van der Waals surface area contributed by atoms with Crippen molar-refractivity contribution in [1.82, 2.24) is 14.4 Å². The second kappa shape index (κ2) is 6.91. The lowest BCUT2D eigenvalue weighted by Crippen LogP contribution is -2.18. The largest absolute Gasteiger partial charge is 0.268 e. The molecule has 2 aromatic carbocycles. The minimum atomic E-state index is -0.122. The van der Waals surface area contributed by atoms with Crippen LogP contribution in [-0.4, -0.2) is 14.4 Å². The van der Waals surface area contributed by atoms with Crippen LogP contribution in [0.3, 0.4) is 0 Å². The average molecular weight is 402 g/mol. The number of fused-ring (bicyclic) bond motifs is 2. The van der Waals surface area contributed by atoms with Gasteiger partial charge in [-0.15, -0.1) is 0 Å². The van der Waals surface area contributed by atoms with Crippen molar-refractivity contribution in [3.05, 3.63) is 80.2 Å². The molecule has 0 unspecified atom stereocenters. The van der Waals surface area contributed by atoms with Gasteiger partial charge in [0.1, 0.15) is 5.65 Å². The van der Waals surface area contributed by atoms with E-state index in [1.807, 2.05) is 37.3 Å². The molecule has 0 saturated carbocycles. The molecule has 0 atom stereocenters. The Morgan fingerprint density at radius 2 is 1.88 bits per heavy atom. The fourth-order valence-corrected chi connectivity index (χ4v) is 4.33. The highest BCUT2D eigenvalue weighted by molar-refractivity contribution is 7.98. The molecule has 0 N–H and O–H groups in total. The number of hydrogen-bond acceptors (Lipinski definition) is 4. The second-order valence-electron chi connectivity index (χ2n) is 5.83. The third-order valence-electron chi connectivity index (χ3n) is 3.97. The first-order valence-electron chi connectivity index (χ1n) is 7.89. The van der Waals surface area contributed by atoms with E-state index in [1.54, 1.807) is 22.6 Å². The smallest absolute Gasteiger partial charge is 0.267 e. The summed E-state index contributed by atoms with van der Waals surface area (Å²) in [4.78, 5) is 22.1. The predicted molar refractivity (Wildman–Crippen MR) is 108 cm³/mol. The van der Waals surface area contributed by atoms with Gasteiger partial charge in [0.2, 0.25) is 0 Å². The van der Waals surface area contributed by atoms with Crippen LogP contribution in [0.1, 0.15) is 11.3 Å². The van der Waals surface area contributed by atoms with Gasteiger partial charge in [-0.1, -0.05) is 53.2 Å². The Balaban J connectivity index is 1.83. The zero-order valence-corrected chi connectivity index (χ0v) is 16.1. The third-order valence-corrected chi connectivity index (χ3v) is 5.55. The minimum absolute atomic E-state index is 0.122. The van der Waals surface area contributed by atoms with Crippen LogP contribution < -0.4 is 5.56 Å². The van der Waals surface area contributed by atoms with Crippen LogP contribution in [0.4, 0.5) is 0 Å². The van der Waals surface area contributed by atoms with E-state index in [4.69, 9.17) is 23.2 Å². The summed E-state index contributed by atoms with van der Waals surface area (Å²) in [6, 6.07) is 14.5. The molecule has 0 radical (unpaired) electrons. The predicted octanol–water partition coefficient (Wildman–Crippen LogP) is 5.15. The summed E-state index contributed by atoms with van der Waals surface area (Å²) < 4.78 is 1.56. The molecule has 0 spiro atoms. The van der Waals surface area contributed by atoms with Gasteiger partial charge in [0.25, 0.3) is 5.56 Å². The van der Waals surface area contributed by atoms with Gasteiger partial charge in [0.05, 0.1) is 10.9 Å². The fraction of sp³-hybridized carbons (Fsp3) is 0.105. The van der Waals surface area contributed by atoms with Gasteiger partial charge < -0.3 is 0 Å². The number of nitrogens with zero attached hydrogens (tertiary/aromatic N) is 3. The van der Waals surface area contributed by atoms with E-state index in [9.17, 15) is 4.79 Å². The summed E-state index contributed by atoms with van der Waals surface area (Å²) in [6.45, 7) is 1.89. The zero-order chi connectivity index (χ0) is 18.3. The Bertz CT molecular complexity index is 1210. The quantitative estimate of drug-likeness (QED) is 0.270. The van der Waals surface area contributed by atoms with Crippen molar-refractivity contribution in [2.24, 2.45) is 0 Å². The molecule has 0 saturated heterocycles. The van der Waals surface area contributed by atoms with Gasteiger partial charge in [-0.25, -0.2) is 14.4 Å². The van der Waals surface area contributed by atoms with Crippen LogP contribution in [0.15, 0.2) is 58.5 Å². The summed E-state index contributed by atoms with van der Waals surface area (Å²) in [5.74, 6) is 0.570. The molecule has 2 heterocycles. The molecule has 0 aliphatic heterocycles. The summed E-state index contributed by atoms with van der Waals surface area (Å²) in [6.07, 6.45) is 0. The van der Waals surface area contributed by atoms with E-state index in [2.05, 4.69) is 9.97 Å². The number of benzene rings is 2. The molecule has 4 aromatic rings. The first-order valence-corrected chi connectivity index (χ1v) is 9.63. The van der Waals surface area contributed by atoms with Crippen molar-refractivity contribution in [1.29, 1.82) is 0 Å². The van der Waals surface area contributed by atoms with Crippen molar-refractivity contribution >= 4 is 51.5 Å². The average Bonchev–Trinajstić information content (AvgIpc) is 2.60. The monoisotopic (exact) mass is 401 g/mol. The van der Waals surface area contributed by atoms with E-state index in [1.165, 1.54) is 11.8 Å². The maximum Gasteiger partial charge on any atom is 0.267 e. The van der Waals surface area contributed by atoms with Crippen LogP contribution in [0.25, 0.3) is 16.6 Å². The molecule has 2 aromatic heterocycles. The van der Waals surface area contributed by atoms with E-state index < -0.39 is 0 Å². The van der Waals surface area contributed by atoms with Crippen LogP contribution >= 0.6 is 35.0 Å². The van der Waals surface area contributed by atoms with E-state index >= 15 is 0 Å². The molecular weight excluding hydrogens is 389 g/mol. The molecular formula is C19H13Cl2N3OS. The van der Waals surface area contributed by atoms with Crippen molar-refractivity contribution < 1.29 is 0 Å². The van der Waals surface area contributed by atoms with E-state index in [0.717, 1.165) is 11.3 Å². The van der Waals surface area contributed by atoms with Crippen LogP contribution in [0.2, 0.25) is 10.0 Å². The Labute approximate surface area is 163 Å². The fourth-order valence-electron chi connectivity index (χ4n) is 2.73. The maximum absolute atomic E-state index is 13.0. The lowest BCUT2D eigenvalue weighted by atomic mass is 10.2. The molecule has 0 bridgehead atoms. The first kappa shape index (κ1) is 17.3. The standard InChI is InChI=1S/C19H13Cl2N3OS/c1-11-8-17-23-16-5-3-2-4-14(16)18(25)24(17)19(22-11)26-10-12-6-7-13(20)9-15(12)21/h2-9H,10H2,1H3. The molecule has 0 aliphatic carbocycles. The van der Waals surface area contributed by atoms with Crippen LogP contribution in [-0.2, 0) is 5.75 Å². The first-order chi connectivity index (χ1) is 12.5. The zero-order valence-electron chi connectivity index (χ0n) is 13.7. The number of aryl methyl sites for hydroxylation is 1. The SMILES string of the molecule is Cc1cc2nc3ccccc3c(=O)n2c(SCc2ccc(Cl)cc2Cl)n1. The molecule has 7 heteroatoms. The van der Waals surface area contributed by atoms with Crippen molar-refractivity contribution in [2.45, 2.75) is 17.8 Å². The van der Waals surface area contributed by atoms with Crippen LogP contribution in [0.5, 0.6) is 0 Å². The van der Waals surface area contributed by atoms with E-state index in [0.29, 0.717) is 37.5 Å². The molecule has 0 amide bonds. The summed E-state index contributed by atoms with van der Waals surface area (Å²) in [5.41, 5.74) is 2.88. The second-order valence-corrected chi connectivity index (χ2v) is 7.62. The highest BCUT2D eigenvalue weighted by Crippen LogP contribution is 2.28. The topological polar surface area (TPSA) is 47.3 Å². The highest BCUT2D eigenvalue weighted by atomic mass is 35.5. The molecule has 4 nitrogen and oxygen atoms in total. The Morgan fingerprint density at radius 3 is 2.69 bits per heavy atom. The van der Waals surface area contributed by atoms with Gasteiger partial charge in [0.15, 0.2) is 5.16 Å². The Morgan fingerprint density at radius 1 is 1.08 bits per heavy atom. The summed E-state index contributed by atoms with van der Waals surface area (Å²) >= 11 is 13.7. The Hall–Kier alpha value is -2.08. The summed E-state index contributed by atoms with van der Waals surface area (Å²) in [5, 5.41) is 2.35. The van der Waals surface area contributed by atoms with Gasteiger partial charge in [-0.3, -0.25) is 4.79 Å². The lowest BCUT2D eigenvalue weighted by molar-refractivity contribution is 0.842. The molecule has 4 rings (SSSR count). The number of thioether (sulfide) groups is 1. The van der Waals surface area contributed by atoms with Crippen molar-refractivity contribution in [3.63, 3.8) is 0 Å². The maximum atomic E-state index is 13.0. The molecule has 130 valence electrons. The third kappa shape index (κ3) is 3.18. The van der Waals surface area contributed by atoms with Gasteiger partial charge in [-0.05, 0) is 36.8 Å². The molecule has 0 aliphatic rings. The van der Waals surface area contributed by atoms with Crippen molar-refractivity contribution in [3.8, 4) is 0 Å². The number of hydrogen-bond donors (Lipinski definition) is 0. The highest BCUT2D eigenvalue weighted by Gasteiger charge is 2.12. The van der Waals surface area contributed by atoms with Gasteiger partial charge in [-0.2, -0.15) is 0 Å². The Kier molecular flexibility index (Phi) is 4.61. The number of rotatable bonds is 3. The minimum Gasteiger partial charge on any atom is -0.268 e. The van der Waals surface area contributed by atoms with E-state index in [-0.39, 0.29) is 5.56 Å². The van der Waals surface area contributed by atoms with Crippen molar-refractivity contribution in [2.75, 3.05) is 0 Å². The molecule has 26 heavy (non-hydrogen) atoms. The number of halogens is 2.